The van der Waals surface area contributed by atoms with Gasteiger partial charge in [0.15, 0.2) is 0 Å². The van der Waals surface area contributed by atoms with Crippen LogP contribution >= 0.6 is 0 Å². The number of methoxy groups -OCH3 is 1. The van der Waals surface area contributed by atoms with Crippen molar-refractivity contribution in [1.29, 1.82) is 0 Å². The van der Waals surface area contributed by atoms with Crippen LogP contribution in [0.15, 0.2) is 11.6 Å². The number of hydrogen-bond donors (Lipinski definition) is 0. The van der Waals surface area contributed by atoms with E-state index in [1.165, 1.54) is 14.0 Å². The Morgan fingerprint density at radius 3 is 2.87 bits per heavy atom. The van der Waals surface area contributed by atoms with Crippen LogP contribution in [-0.4, -0.2) is 37.4 Å². The third-order valence-corrected chi connectivity index (χ3v) is 2.48. The second kappa shape index (κ2) is 3.66. The molecule has 82 valence electrons. The van der Waals surface area contributed by atoms with Gasteiger partial charge in [0.25, 0.3) is 0 Å². The summed E-state index contributed by atoms with van der Waals surface area (Å²) in [5.41, 5.74) is 0.516. The van der Waals surface area contributed by atoms with Crippen molar-refractivity contribution in [2.24, 2.45) is 0 Å². The van der Waals surface area contributed by atoms with Crippen LogP contribution in [0.2, 0.25) is 0 Å². The third kappa shape index (κ3) is 2.02. The molecule has 1 aliphatic carbocycles. The molecule has 0 aromatic carbocycles. The van der Waals surface area contributed by atoms with E-state index in [0.29, 0.717) is 12.0 Å². The molecule has 0 unspecified atom stereocenters. The molecule has 0 radical (unpaired) electrons. The van der Waals surface area contributed by atoms with E-state index in [4.69, 9.17) is 9.47 Å². The van der Waals surface area contributed by atoms with Crippen molar-refractivity contribution in [3.05, 3.63) is 11.6 Å². The molecule has 1 fully saturated rings. The molecule has 2 aliphatic rings. The van der Waals surface area contributed by atoms with E-state index in [0.717, 1.165) is 0 Å². The summed E-state index contributed by atoms with van der Waals surface area (Å²) in [6.45, 7) is 1.34. The number of ether oxygens (including phenoxy) is 3. The summed E-state index contributed by atoms with van der Waals surface area (Å²) in [6, 6.07) is 0. The molecule has 1 saturated heterocycles. The summed E-state index contributed by atoms with van der Waals surface area (Å²) in [4.78, 5) is 22.1. The zero-order valence-corrected chi connectivity index (χ0v) is 8.56. The molecule has 0 N–H and O–H groups in total. The Hall–Kier alpha value is -1.36. The molecule has 1 heterocycles. The second-order valence-corrected chi connectivity index (χ2v) is 3.60. The zero-order valence-electron chi connectivity index (χ0n) is 8.56. The standard InChI is InChI=1S/C10H12O5/c1-5(11)14-7-3-6(10(12)13-2)4-8-9(7)15-8/h4,7-9H,3H2,1-2H3/t7-,8-,9+/m0/s1. The van der Waals surface area contributed by atoms with Crippen molar-refractivity contribution in [3.8, 4) is 0 Å². The highest BCUT2D eigenvalue weighted by Crippen LogP contribution is 2.37. The van der Waals surface area contributed by atoms with Gasteiger partial charge in [0, 0.05) is 18.9 Å². The Morgan fingerprint density at radius 2 is 2.27 bits per heavy atom. The van der Waals surface area contributed by atoms with Crippen molar-refractivity contribution in [2.75, 3.05) is 7.11 Å². The molecule has 0 bridgehead atoms. The maximum absolute atomic E-state index is 11.3. The highest BCUT2D eigenvalue weighted by Gasteiger charge is 2.49. The van der Waals surface area contributed by atoms with Crippen LogP contribution in [0.1, 0.15) is 13.3 Å². The highest BCUT2D eigenvalue weighted by atomic mass is 16.6. The fourth-order valence-electron chi connectivity index (χ4n) is 1.77. The van der Waals surface area contributed by atoms with Gasteiger partial charge in [-0.25, -0.2) is 4.79 Å². The molecule has 0 amide bonds. The first-order valence-electron chi connectivity index (χ1n) is 4.73. The van der Waals surface area contributed by atoms with Gasteiger partial charge < -0.3 is 14.2 Å². The van der Waals surface area contributed by atoms with Crippen LogP contribution in [0, 0.1) is 0 Å². The molecule has 0 saturated carbocycles. The summed E-state index contributed by atoms with van der Waals surface area (Å²) in [7, 11) is 1.32. The van der Waals surface area contributed by atoms with Gasteiger partial charge in [0.05, 0.1) is 7.11 Å². The monoisotopic (exact) mass is 212 g/mol. The van der Waals surface area contributed by atoms with E-state index in [1.54, 1.807) is 6.08 Å². The molecule has 5 heteroatoms. The molecule has 15 heavy (non-hydrogen) atoms. The smallest absolute Gasteiger partial charge is 0.333 e. The van der Waals surface area contributed by atoms with Crippen LogP contribution < -0.4 is 0 Å². The summed E-state index contributed by atoms with van der Waals surface area (Å²) in [6.07, 6.45) is 1.57. The molecule has 0 spiro atoms. The summed E-state index contributed by atoms with van der Waals surface area (Å²) in [5, 5.41) is 0. The Labute approximate surface area is 87.0 Å². The summed E-state index contributed by atoms with van der Waals surface area (Å²) < 4.78 is 14.9. The first-order valence-corrected chi connectivity index (χ1v) is 4.73. The number of epoxide rings is 1. The molecular formula is C10H12O5. The molecule has 3 atom stereocenters. The lowest BCUT2D eigenvalue weighted by atomic mass is 9.97. The number of fused-ring (bicyclic) bond motifs is 1. The van der Waals surface area contributed by atoms with Gasteiger partial charge >= 0.3 is 11.9 Å². The first-order chi connectivity index (χ1) is 7.11. The lowest BCUT2D eigenvalue weighted by molar-refractivity contribution is -0.148. The Bertz CT molecular complexity index is 333. The second-order valence-electron chi connectivity index (χ2n) is 3.60. The van der Waals surface area contributed by atoms with Crippen molar-refractivity contribution in [3.63, 3.8) is 0 Å². The van der Waals surface area contributed by atoms with Gasteiger partial charge in [-0.1, -0.05) is 0 Å². The minimum absolute atomic E-state index is 0.0812. The predicted molar refractivity (Wildman–Crippen MR) is 48.9 cm³/mol. The third-order valence-electron chi connectivity index (χ3n) is 2.48. The SMILES string of the molecule is COC(=O)C1=C[C@@H]2O[C@@H]2[C@@H](OC(C)=O)C1. The van der Waals surface area contributed by atoms with Crippen LogP contribution in [0.5, 0.6) is 0 Å². The van der Waals surface area contributed by atoms with E-state index >= 15 is 0 Å². The van der Waals surface area contributed by atoms with Gasteiger partial charge in [0.1, 0.15) is 18.3 Å². The first kappa shape index (κ1) is 10.2. The zero-order chi connectivity index (χ0) is 11.0. The van der Waals surface area contributed by atoms with Crippen LogP contribution in [0.4, 0.5) is 0 Å². The van der Waals surface area contributed by atoms with E-state index < -0.39 is 0 Å². The number of carbonyl (C=O) groups excluding carboxylic acids is 2. The normalized spacial score (nSPS) is 32.4. The Kier molecular flexibility index (Phi) is 2.48. The molecule has 2 rings (SSSR count). The number of carbonyl (C=O) groups is 2. The summed E-state index contributed by atoms with van der Waals surface area (Å²) in [5.74, 6) is -0.749. The van der Waals surface area contributed by atoms with Crippen LogP contribution in [0.3, 0.4) is 0 Å². The largest absolute Gasteiger partial charge is 0.466 e. The van der Waals surface area contributed by atoms with Crippen molar-refractivity contribution in [2.45, 2.75) is 31.7 Å². The quantitative estimate of drug-likeness (QED) is 0.483. The van der Waals surface area contributed by atoms with Gasteiger partial charge in [0.2, 0.25) is 0 Å². The molecule has 5 nitrogen and oxygen atoms in total. The van der Waals surface area contributed by atoms with Crippen molar-refractivity contribution < 1.29 is 23.8 Å². The van der Waals surface area contributed by atoms with Crippen molar-refractivity contribution >= 4 is 11.9 Å². The van der Waals surface area contributed by atoms with Crippen molar-refractivity contribution in [1.82, 2.24) is 0 Å². The fourth-order valence-corrected chi connectivity index (χ4v) is 1.77. The lowest BCUT2D eigenvalue weighted by Crippen LogP contribution is -2.29. The minimum atomic E-state index is -0.388. The van der Waals surface area contributed by atoms with E-state index in [2.05, 4.69) is 4.74 Å². The van der Waals surface area contributed by atoms with E-state index in [-0.39, 0.29) is 30.3 Å². The lowest BCUT2D eigenvalue weighted by Gasteiger charge is -2.18. The topological polar surface area (TPSA) is 65.1 Å². The highest BCUT2D eigenvalue weighted by molar-refractivity contribution is 5.89. The minimum Gasteiger partial charge on any atom is -0.466 e. The molecule has 1 aliphatic heterocycles. The number of hydrogen-bond acceptors (Lipinski definition) is 5. The fraction of sp³-hybridized carbons (Fsp3) is 0.600. The Morgan fingerprint density at radius 1 is 1.53 bits per heavy atom. The van der Waals surface area contributed by atoms with Gasteiger partial charge in [-0.15, -0.1) is 0 Å². The van der Waals surface area contributed by atoms with E-state index in [1.807, 2.05) is 0 Å². The molecule has 0 aromatic heterocycles. The maximum atomic E-state index is 11.3. The van der Waals surface area contributed by atoms with Gasteiger partial charge in [-0.05, 0) is 6.08 Å². The van der Waals surface area contributed by atoms with Crippen LogP contribution in [0.25, 0.3) is 0 Å². The van der Waals surface area contributed by atoms with E-state index in [9.17, 15) is 9.59 Å². The number of rotatable bonds is 2. The Balaban J connectivity index is 2.05. The molecular weight excluding hydrogens is 200 g/mol. The van der Waals surface area contributed by atoms with Gasteiger partial charge in [-0.3, -0.25) is 4.79 Å². The average molecular weight is 212 g/mol. The predicted octanol–water partition coefficient (Wildman–Crippen LogP) is 0.189. The average Bonchev–Trinajstić information content (AvgIpc) is 2.94. The molecule has 0 aromatic rings. The summed E-state index contributed by atoms with van der Waals surface area (Å²) >= 11 is 0. The van der Waals surface area contributed by atoms with Crippen LogP contribution in [-0.2, 0) is 23.8 Å². The van der Waals surface area contributed by atoms with Gasteiger partial charge in [-0.2, -0.15) is 0 Å². The maximum Gasteiger partial charge on any atom is 0.333 e. The number of esters is 2.